The van der Waals surface area contributed by atoms with Crippen molar-refractivity contribution >= 4 is 57.9 Å². The van der Waals surface area contributed by atoms with Gasteiger partial charge < -0.3 is 25.6 Å². The van der Waals surface area contributed by atoms with Crippen molar-refractivity contribution in [3.8, 4) is 0 Å². The summed E-state index contributed by atoms with van der Waals surface area (Å²) in [5, 5.41) is 9.43. The predicted octanol–water partition coefficient (Wildman–Crippen LogP) is 5.32. The van der Waals surface area contributed by atoms with Crippen molar-refractivity contribution in [2.45, 2.75) is 6.92 Å². The van der Waals surface area contributed by atoms with Gasteiger partial charge in [0.1, 0.15) is 17.5 Å². The highest BCUT2D eigenvalue weighted by atomic mass is 35.5. The summed E-state index contributed by atoms with van der Waals surface area (Å²) in [6, 6.07) is 13.8. The Kier molecular flexibility index (Phi) is 6.94. The fraction of sp³-hybridized carbons (Fsp3) is 0.227. The van der Waals surface area contributed by atoms with Crippen molar-refractivity contribution in [1.29, 1.82) is 0 Å². The van der Waals surface area contributed by atoms with E-state index in [2.05, 4.69) is 30.8 Å². The molecule has 4 rings (SSSR count). The summed E-state index contributed by atoms with van der Waals surface area (Å²) >= 11 is 12.1. The van der Waals surface area contributed by atoms with Crippen molar-refractivity contribution in [2.24, 2.45) is 0 Å². The van der Waals surface area contributed by atoms with E-state index in [1.54, 1.807) is 24.3 Å². The van der Waals surface area contributed by atoms with Crippen LogP contribution in [-0.2, 0) is 4.74 Å². The average Bonchev–Trinajstić information content (AvgIpc) is 2.77. The largest absolute Gasteiger partial charge is 0.378 e. The highest BCUT2D eigenvalue weighted by molar-refractivity contribution is 6.44. The van der Waals surface area contributed by atoms with Crippen LogP contribution in [0.25, 0.3) is 0 Å². The summed E-state index contributed by atoms with van der Waals surface area (Å²) in [6.07, 6.45) is 0. The Hall–Kier alpha value is -3.07. The molecular weight excluding hydrogens is 451 g/mol. The first-order chi connectivity index (χ1) is 15.5. The molecule has 2 amide bonds. The van der Waals surface area contributed by atoms with Crippen LogP contribution in [-0.4, -0.2) is 42.3 Å². The van der Waals surface area contributed by atoms with E-state index in [-0.39, 0.29) is 5.02 Å². The lowest BCUT2D eigenvalue weighted by molar-refractivity contribution is 0.122. The fourth-order valence-corrected chi connectivity index (χ4v) is 3.63. The number of amides is 2. The zero-order valence-electron chi connectivity index (χ0n) is 17.4. The minimum absolute atomic E-state index is 0.287. The molecule has 0 spiro atoms. The monoisotopic (exact) mass is 472 g/mol. The number of anilines is 5. The van der Waals surface area contributed by atoms with E-state index in [0.717, 1.165) is 24.6 Å². The van der Waals surface area contributed by atoms with Crippen molar-refractivity contribution in [2.75, 3.05) is 47.2 Å². The van der Waals surface area contributed by atoms with Crippen LogP contribution in [0.1, 0.15) is 5.82 Å². The Balaban J connectivity index is 1.44. The van der Waals surface area contributed by atoms with Gasteiger partial charge >= 0.3 is 6.03 Å². The van der Waals surface area contributed by atoms with Gasteiger partial charge in [0.25, 0.3) is 0 Å². The number of hydrogen-bond acceptors (Lipinski definition) is 6. The van der Waals surface area contributed by atoms with Gasteiger partial charge in [-0.05, 0) is 37.3 Å². The number of aryl methyl sites for hydroxylation is 1. The molecule has 0 saturated carbocycles. The maximum absolute atomic E-state index is 12.4. The molecule has 2 heterocycles. The molecule has 1 aromatic heterocycles. The summed E-state index contributed by atoms with van der Waals surface area (Å²) in [4.78, 5) is 23.6. The number of halogens is 2. The summed E-state index contributed by atoms with van der Waals surface area (Å²) in [5.74, 6) is 2.20. The van der Waals surface area contributed by atoms with Crippen LogP contribution in [0.2, 0.25) is 10.0 Å². The van der Waals surface area contributed by atoms with Gasteiger partial charge in [-0.25, -0.2) is 14.8 Å². The number of aromatic nitrogens is 2. The number of rotatable bonds is 5. The first-order valence-corrected chi connectivity index (χ1v) is 10.8. The van der Waals surface area contributed by atoms with Crippen molar-refractivity contribution in [3.63, 3.8) is 0 Å². The number of nitrogens with one attached hydrogen (secondary N) is 3. The third-order valence-corrected chi connectivity index (χ3v) is 5.57. The third-order valence-electron chi connectivity index (χ3n) is 4.75. The molecule has 166 valence electrons. The van der Waals surface area contributed by atoms with Gasteiger partial charge in [0, 0.05) is 30.5 Å². The van der Waals surface area contributed by atoms with E-state index in [0.29, 0.717) is 41.3 Å². The number of carbonyl (C=O) groups excluding carboxylic acids is 1. The van der Waals surface area contributed by atoms with Crippen LogP contribution in [0.15, 0.2) is 48.5 Å². The topological polar surface area (TPSA) is 91.4 Å². The quantitative estimate of drug-likeness (QED) is 0.465. The molecule has 1 fully saturated rings. The normalized spacial score (nSPS) is 13.5. The molecule has 10 heteroatoms. The lowest BCUT2D eigenvalue weighted by Gasteiger charge is -2.28. The molecule has 1 aliphatic heterocycles. The Morgan fingerprint density at radius 3 is 2.56 bits per heavy atom. The second-order valence-electron chi connectivity index (χ2n) is 7.14. The second-order valence-corrected chi connectivity index (χ2v) is 7.93. The maximum atomic E-state index is 12.4. The van der Waals surface area contributed by atoms with Crippen molar-refractivity contribution < 1.29 is 9.53 Å². The Morgan fingerprint density at radius 1 is 1.00 bits per heavy atom. The first-order valence-electron chi connectivity index (χ1n) is 10.1. The molecule has 3 N–H and O–H groups in total. The molecule has 32 heavy (non-hydrogen) atoms. The lowest BCUT2D eigenvalue weighted by Crippen LogP contribution is -2.36. The fourth-order valence-electron chi connectivity index (χ4n) is 3.28. The van der Waals surface area contributed by atoms with Gasteiger partial charge in [0.15, 0.2) is 0 Å². The molecule has 0 aliphatic carbocycles. The molecule has 1 aliphatic rings. The zero-order chi connectivity index (χ0) is 22.5. The van der Waals surface area contributed by atoms with Gasteiger partial charge in [-0.3, -0.25) is 0 Å². The van der Waals surface area contributed by atoms with Gasteiger partial charge in [-0.1, -0.05) is 35.3 Å². The van der Waals surface area contributed by atoms with Crippen LogP contribution in [0.3, 0.4) is 0 Å². The Labute approximate surface area is 195 Å². The molecule has 2 aromatic carbocycles. The third kappa shape index (κ3) is 5.59. The molecular formula is C22H22Cl2N6O2. The van der Waals surface area contributed by atoms with Crippen LogP contribution in [0.5, 0.6) is 0 Å². The number of urea groups is 1. The van der Waals surface area contributed by atoms with Crippen LogP contribution < -0.4 is 20.9 Å². The summed E-state index contributed by atoms with van der Waals surface area (Å²) in [7, 11) is 0. The molecule has 3 aromatic rings. The van der Waals surface area contributed by atoms with Crippen LogP contribution in [0, 0.1) is 6.92 Å². The van der Waals surface area contributed by atoms with E-state index >= 15 is 0 Å². The number of hydrogen-bond donors (Lipinski definition) is 3. The van der Waals surface area contributed by atoms with E-state index < -0.39 is 6.03 Å². The molecule has 0 bridgehead atoms. The molecule has 8 nitrogen and oxygen atoms in total. The molecule has 0 atom stereocenters. The van der Waals surface area contributed by atoms with E-state index in [9.17, 15) is 4.79 Å². The van der Waals surface area contributed by atoms with E-state index in [1.165, 1.54) is 0 Å². The lowest BCUT2D eigenvalue weighted by atomic mass is 10.2. The van der Waals surface area contributed by atoms with E-state index in [1.807, 2.05) is 31.2 Å². The summed E-state index contributed by atoms with van der Waals surface area (Å²) in [6.45, 7) is 4.81. The molecule has 0 unspecified atom stereocenters. The van der Waals surface area contributed by atoms with Crippen molar-refractivity contribution in [1.82, 2.24) is 9.97 Å². The minimum Gasteiger partial charge on any atom is -0.378 e. The molecule has 0 radical (unpaired) electrons. The summed E-state index contributed by atoms with van der Waals surface area (Å²) < 4.78 is 5.42. The number of nitrogens with zero attached hydrogens (tertiary/aromatic N) is 3. The van der Waals surface area contributed by atoms with Gasteiger partial charge in [0.05, 0.1) is 28.9 Å². The average molecular weight is 473 g/mol. The highest BCUT2D eigenvalue weighted by Gasteiger charge is 2.14. The smallest absolute Gasteiger partial charge is 0.323 e. The van der Waals surface area contributed by atoms with E-state index in [4.69, 9.17) is 27.9 Å². The Bertz CT molecular complexity index is 1120. The minimum atomic E-state index is -0.432. The van der Waals surface area contributed by atoms with Crippen LogP contribution in [0.4, 0.5) is 33.5 Å². The maximum Gasteiger partial charge on any atom is 0.323 e. The Morgan fingerprint density at radius 2 is 1.75 bits per heavy atom. The number of benzene rings is 2. The second kappa shape index (κ2) is 10.0. The summed E-state index contributed by atoms with van der Waals surface area (Å²) in [5.41, 5.74) is 1.80. The van der Waals surface area contributed by atoms with Gasteiger partial charge in [-0.2, -0.15) is 0 Å². The van der Waals surface area contributed by atoms with Gasteiger partial charge in [-0.15, -0.1) is 0 Å². The molecule has 1 saturated heterocycles. The first kappa shape index (κ1) is 22.1. The van der Waals surface area contributed by atoms with Crippen LogP contribution >= 0.6 is 23.2 Å². The SMILES string of the molecule is Cc1nc(Nc2cccc(NC(=O)Nc3cccc(Cl)c3Cl)c2)cc(N2CCOCC2)n1. The number of carbonyl (C=O) groups is 1. The number of ether oxygens (including phenoxy) is 1. The zero-order valence-corrected chi connectivity index (χ0v) is 18.9. The number of morpholine rings is 1. The standard InChI is InChI=1S/C22H22Cl2N6O2/c1-14-25-19(13-20(26-14)30-8-10-32-11-9-30)27-15-4-2-5-16(12-15)28-22(31)29-18-7-3-6-17(23)21(18)24/h2-7,12-13H,8-11H2,1H3,(H,25,26,27)(H2,28,29,31). The van der Waals surface area contributed by atoms with Gasteiger partial charge in [0.2, 0.25) is 0 Å². The highest BCUT2D eigenvalue weighted by Crippen LogP contribution is 2.29. The van der Waals surface area contributed by atoms with Crippen molar-refractivity contribution in [3.05, 3.63) is 64.4 Å². The predicted molar refractivity (Wildman–Crippen MR) is 129 cm³/mol.